The predicted molar refractivity (Wildman–Crippen MR) is 115 cm³/mol. The average molecular weight is 423 g/mol. The van der Waals surface area contributed by atoms with Crippen molar-refractivity contribution in [2.75, 3.05) is 37.9 Å². The van der Waals surface area contributed by atoms with Crippen molar-refractivity contribution in [2.45, 2.75) is 13.3 Å². The molecule has 30 heavy (non-hydrogen) atoms. The fourth-order valence-electron chi connectivity index (χ4n) is 3.65. The first-order chi connectivity index (χ1) is 14.7. The van der Waals surface area contributed by atoms with Crippen molar-refractivity contribution < 1.29 is 14.3 Å². The molecule has 0 N–H and O–H groups in total. The third kappa shape index (κ3) is 3.59. The number of carbonyl (C=O) groups is 1. The number of rotatable bonds is 4. The van der Waals surface area contributed by atoms with Crippen LogP contribution in [0.15, 0.2) is 41.9 Å². The molecule has 8 heteroatoms. The predicted octanol–water partition coefficient (Wildman–Crippen LogP) is 3.46. The summed E-state index contributed by atoms with van der Waals surface area (Å²) in [6.07, 6.45) is 2.83. The molecule has 0 saturated carbocycles. The zero-order valence-electron chi connectivity index (χ0n) is 16.7. The van der Waals surface area contributed by atoms with Gasteiger partial charge in [0, 0.05) is 48.9 Å². The van der Waals surface area contributed by atoms with Gasteiger partial charge >= 0.3 is 0 Å². The molecule has 2 aliphatic heterocycles. The molecule has 1 fully saturated rings. The summed E-state index contributed by atoms with van der Waals surface area (Å²) in [5, 5.41) is 3.10. The summed E-state index contributed by atoms with van der Waals surface area (Å²) in [5.74, 6) is 2.28. The zero-order valence-corrected chi connectivity index (χ0v) is 17.5. The number of pyridine rings is 1. The van der Waals surface area contributed by atoms with Crippen LogP contribution in [0.2, 0.25) is 0 Å². The van der Waals surface area contributed by atoms with E-state index in [-0.39, 0.29) is 12.7 Å². The Morgan fingerprint density at radius 2 is 1.93 bits per heavy atom. The largest absolute Gasteiger partial charge is 0.454 e. The number of anilines is 1. The summed E-state index contributed by atoms with van der Waals surface area (Å²) in [6.45, 7) is 5.13. The second kappa shape index (κ2) is 7.95. The van der Waals surface area contributed by atoms with E-state index in [2.05, 4.69) is 33.2 Å². The number of piperazine rings is 1. The molecule has 2 aliphatic rings. The van der Waals surface area contributed by atoms with Gasteiger partial charge < -0.3 is 19.3 Å². The standard InChI is InChI=1S/C22H22N4O3S/c1-2-17-13-30-21(24-17)16-4-6-20(23-12-16)25-7-9-26(10-8-25)22(27)15-3-5-18-19(11-15)29-14-28-18/h3-6,11-13H,2,7-10,14H2,1H3. The van der Waals surface area contributed by atoms with Crippen molar-refractivity contribution in [3.63, 3.8) is 0 Å². The summed E-state index contributed by atoms with van der Waals surface area (Å²) in [5.41, 5.74) is 2.78. The summed E-state index contributed by atoms with van der Waals surface area (Å²) >= 11 is 1.65. The number of aromatic nitrogens is 2. The fraction of sp³-hybridized carbons (Fsp3) is 0.318. The Morgan fingerprint density at radius 1 is 1.10 bits per heavy atom. The van der Waals surface area contributed by atoms with E-state index in [0.717, 1.165) is 41.6 Å². The molecule has 1 aromatic carbocycles. The molecule has 0 atom stereocenters. The second-order valence-electron chi connectivity index (χ2n) is 7.25. The first kappa shape index (κ1) is 18.9. The Bertz CT molecular complexity index is 1060. The van der Waals surface area contributed by atoms with Crippen LogP contribution in [0.4, 0.5) is 5.82 Å². The van der Waals surface area contributed by atoms with E-state index < -0.39 is 0 Å². The second-order valence-corrected chi connectivity index (χ2v) is 8.11. The topological polar surface area (TPSA) is 67.8 Å². The van der Waals surface area contributed by atoms with Crippen molar-refractivity contribution in [3.8, 4) is 22.1 Å². The molecule has 2 aromatic heterocycles. The van der Waals surface area contributed by atoms with E-state index >= 15 is 0 Å². The summed E-state index contributed by atoms with van der Waals surface area (Å²) in [7, 11) is 0. The minimum atomic E-state index is 0.0201. The molecule has 0 unspecified atom stereocenters. The van der Waals surface area contributed by atoms with Crippen LogP contribution in [-0.4, -0.2) is 53.7 Å². The zero-order chi connectivity index (χ0) is 20.5. The highest BCUT2D eigenvalue weighted by molar-refractivity contribution is 7.13. The Labute approximate surface area is 178 Å². The number of carbonyl (C=O) groups excluding carboxylic acids is 1. The highest BCUT2D eigenvalue weighted by atomic mass is 32.1. The molecule has 4 heterocycles. The molecule has 5 rings (SSSR count). The number of hydrogen-bond acceptors (Lipinski definition) is 7. The number of ether oxygens (including phenoxy) is 2. The average Bonchev–Trinajstić information content (AvgIpc) is 3.48. The summed E-state index contributed by atoms with van der Waals surface area (Å²) in [6, 6.07) is 9.47. The molecule has 154 valence electrons. The van der Waals surface area contributed by atoms with Crippen molar-refractivity contribution >= 4 is 23.1 Å². The molecular weight excluding hydrogens is 400 g/mol. The van der Waals surface area contributed by atoms with E-state index in [1.807, 2.05) is 17.2 Å². The number of amides is 1. The number of aryl methyl sites for hydroxylation is 1. The number of thiazole rings is 1. The van der Waals surface area contributed by atoms with Gasteiger partial charge in [-0.3, -0.25) is 4.79 Å². The molecule has 3 aromatic rings. The Kier molecular flexibility index (Phi) is 5.00. The molecule has 0 bridgehead atoms. The lowest BCUT2D eigenvalue weighted by Crippen LogP contribution is -2.49. The Morgan fingerprint density at radius 3 is 2.67 bits per heavy atom. The third-order valence-corrected chi connectivity index (χ3v) is 6.36. The molecule has 0 spiro atoms. The SMILES string of the molecule is CCc1csc(-c2ccc(N3CCN(C(=O)c4ccc5c(c4)OCO5)CC3)nc2)n1. The quantitative estimate of drug-likeness (QED) is 0.642. The van der Waals surface area contributed by atoms with Crippen molar-refractivity contribution in [2.24, 2.45) is 0 Å². The Balaban J connectivity index is 1.22. The highest BCUT2D eigenvalue weighted by Gasteiger charge is 2.24. The third-order valence-electron chi connectivity index (χ3n) is 5.42. The highest BCUT2D eigenvalue weighted by Crippen LogP contribution is 2.33. The van der Waals surface area contributed by atoms with Gasteiger partial charge in [0.1, 0.15) is 10.8 Å². The molecule has 1 amide bonds. The number of fused-ring (bicyclic) bond motifs is 1. The van der Waals surface area contributed by atoms with Gasteiger partial charge in [-0.1, -0.05) is 6.92 Å². The molecule has 7 nitrogen and oxygen atoms in total. The van der Waals surface area contributed by atoms with Crippen LogP contribution >= 0.6 is 11.3 Å². The Hall–Kier alpha value is -3.13. The maximum Gasteiger partial charge on any atom is 0.254 e. The molecular formula is C22H22N4O3S. The minimum Gasteiger partial charge on any atom is -0.454 e. The van der Waals surface area contributed by atoms with E-state index in [1.165, 1.54) is 0 Å². The molecule has 0 aliphatic carbocycles. The first-order valence-electron chi connectivity index (χ1n) is 10.1. The van der Waals surface area contributed by atoms with E-state index in [0.29, 0.717) is 30.2 Å². The van der Waals surface area contributed by atoms with Crippen LogP contribution in [0, 0.1) is 0 Å². The van der Waals surface area contributed by atoms with Crippen molar-refractivity contribution in [1.82, 2.24) is 14.9 Å². The molecule has 1 saturated heterocycles. The van der Waals surface area contributed by atoms with Gasteiger partial charge in [0.25, 0.3) is 5.91 Å². The number of hydrogen-bond donors (Lipinski definition) is 0. The van der Waals surface area contributed by atoms with E-state index in [9.17, 15) is 4.79 Å². The van der Waals surface area contributed by atoms with Gasteiger partial charge in [-0.15, -0.1) is 11.3 Å². The van der Waals surface area contributed by atoms with Crippen LogP contribution in [-0.2, 0) is 6.42 Å². The lowest BCUT2D eigenvalue weighted by atomic mass is 10.1. The minimum absolute atomic E-state index is 0.0201. The number of benzene rings is 1. The smallest absolute Gasteiger partial charge is 0.254 e. The molecule has 0 radical (unpaired) electrons. The van der Waals surface area contributed by atoms with Crippen LogP contribution in [0.25, 0.3) is 10.6 Å². The van der Waals surface area contributed by atoms with Crippen LogP contribution in [0.3, 0.4) is 0 Å². The van der Waals surface area contributed by atoms with E-state index in [4.69, 9.17) is 9.47 Å². The van der Waals surface area contributed by atoms with Crippen molar-refractivity contribution in [1.29, 1.82) is 0 Å². The van der Waals surface area contributed by atoms with Gasteiger partial charge in [-0.25, -0.2) is 9.97 Å². The van der Waals surface area contributed by atoms with Gasteiger partial charge in [0.2, 0.25) is 6.79 Å². The van der Waals surface area contributed by atoms with Gasteiger partial charge in [-0.2, -0.15) is 0 Å². The van der Waals surface area contributed by atoms with Gasteiger partial charge in [0.15, 0.2) is 11.5 Å². The first-order valence-corrected chi connectivity index (χ1v) is 10.9. The lowest BCUT2D eigenvalue weighted by Gasteiger charge is -2.35. The fourth-order valence-corrected chi connectivity index (χ4v) is 4.55. The normalized spacial score (nSPS) is 15.5. The van der Waals surface area contributed by atoms with Gasteiger partial charge in [0.05, 0.1) is 5.69 Å². The number of nitrogens with zero attached hydrogens (tertiary/aromatic N) is 4. The van der Waals surface area contributed by atoms with Crippen LogP contribution in [0.1, 0.15) is 23.0 Å². The summed E-state index contributed by atoms with van der Waals surface area (Å²) in [4.78, 5) is 26.2. The van der Waals surface area contributed by atoms with Crippen molar-refractivity contribution in [3.05, 3.63) is 53.2 Å². The van der Waals surface area contributed by atoms with Crippen LogP contribution < -0.4 is 14.4 Å². The van der Waals surface area contributed by atoms with Gasteiger partial charge in [-0.05, 0) is 36.8 Å². The lowest BCUT2D eigenvalue weighted by molar-refractivity contribution is 0.0746. The van der Waals surface area contributed by atoms with E-state index in [1.54, 1.807) is 29.5 Å². The van der Waals surface area contributed by atoms with Crippen LogP contribution in [0.5, 0.6) is 11.5 Å². The maximum absolute atomic E-state index is 12.9. The maximum atomic E-state index is 12.9. The monoisotopic (exact) mass is 422 g/mol. The summed E-state index contributed by atoms with van der Waals surface area (Å²) < 4.78 is 10.7.